The quantitative estimate of drug-likeness (QED) is 0.647. The maximum Gasteiger partial charge on any atom is 0.258 e. The molecular weight excluding hydrogens is 344 g/mol. The first kappa shape index (κ1) is 18.3. The van der Waals surface area contributed by atoms with Crippen LogP contribution in [0.25, 0.3) is 10.9 Å². The maximum atomic E-state index is 12.3. The standard InChI is InChI=1S/C20H20N4O3/c1-12-15(21-13(2)25)8-5-9-16(12)23-19(26)11-10-18-22-17-7-4-3-6-14(17)20(27)24-18/h3-9H,10-11H2,1-2H3,(H,21,25)(H,23,26)(H,22,24,27). The lowest BCUT2D eigenvalue weighted by molar-refractivity contribution is -0.116. The summed E-state index contributed by atoms with van der Waals surface area (Å²) in [5.41, 5.74) is 2.45. The van der Waals surface area contributed by atoms with Gasteiger partial charge in [0.2, 0.25) is 11.8 Å². The Morgan fingerprint density at radius 1 is 1.04 bits per heavy atom. The molecule has 3 aromatic rings. The highest BCUT2D eigenvalue weighted by atomic mass is 16.2. The number of H-pyrrole nitrogens is 1. The molecule has 0 saturated carbocycles. The molecule has 0 atom stereocenters. The van der Waals surface area contributed by atoms with Gasteiger partial charge in [0.25, 0.3) is 5.56 Å². The molecular formula is C20H20N4O3. The summed E-state index contributed by atoms with van der Waals surface area (Å²) >= 11 is 0. The van der Waals surface area contributed by atoms with Crippen molar-refractivity contribution in [3.63, 3.8) is 0 Å². The molecule has 3 N–H and O–H groups in total. The monoisotopic (exact) mass is 364 g/mol. The van der Waals surface area contributed by atoms with E-state index in [1.165, 1.54) is 6.92 Å². The molecule has 2 amide bonds. The van der Waals surface area contributed by atoms with Crippen LogP contribution < -0.4 is 16.2 Å². The summed E-state index contributed by atoms with van der Waals surface area (Å²) in [7, 11) is 0. The molecule has 2 aromatic carbocycles. The number of benzene rings is 2. The molecule has 27 heavy (non-hydrogen) atoms. The Hall–Kier alpha value is -3.48. The fraction of sp³-hybridized carbons (Fsp3) is 0.200. The number of nitrogens with one attached hydrogen (secondary N) is 3. The number of fused-ring (bicyclic) bond motifs is 1. The van der Waals surface area contributed by atoms with E-state index in [4.69, 9.17) is 0 Å². The lowest BCUT2D eigenvalue weighted by Crippen LogP contribution is -2.17. The van der Waals surface area contributed by atoms with Crippen molar-refractivity contribution in [1.82, 2.24) is 9.97 Å². The first-order valence-corrected chi connectivity index (χ1v) is 8.59. The highest BCUT2D eigenvalue weighted by Gasteiger charge is 2.10. The van der Waals surface area contributed by atoms with Gasteiger partial charge >= 0.3 is 0 Å². The van der Waals surface area contributed by atoms with Gasteiger partial charge in [0, 0.05) is 31.1 Å². The molecule has 3 rings (SSSR count). The van der Waals surface area contributed by atoms with Gasteiger partial charge < -0.3 is 15.6 Å². The fourth-order valence-electron chi connectivity index (χ4n) is 2.79. The Balaban J connectivity index is 1.69. The van der Waals surface area contributed by atoms with Gasteiger partial charge in [-0.25, -0.2) is 4.98 Å². The number of aromatic amines is 1. The number of hydrogen-bond donors (Lipinski definition) is 3. The van der Waals surface area contributed by atoms with Crippen molar-refractivity contribution in [2.45, 2.75) is 26.7 Å². The SMILES string of the molecule is CC(=O)Nc1cccc(NC(=O)CCc2nc3ccccc3c(=O)[nH]2)c1C. The number of amides is 2. The highest BCUT2D eigenvalue weighted by Crippen LogP contribution is 2.23. The zero-order chi connectivity index (χ0) is 19.4. The minimum Gasteiger partial charge on any atom is -0.326 e. The fourth-order valence-corrected chi connectivity index (χ4v) is 2.79. The third kappa shape index (κ3) is 4.38. The molecule has 7 nitrogen and oxygen atoms in total. The lowest BCUT2D eigenvalue weighted by Gasteiger charge is -2.12. The molecule has 0 aliphatic heterocycles. The molecule has 0 aliphatic carbocycles. The largest absolute Gasteiger partial charge is 0.326 e. The third-order valence-electron chi connectivity index (χ3n) is 4.17. The lowest BCUT2D eigenvalue weighted by atomic mass is 10.1. The Kier molecular flexibility index (Phi) is 5.30. The molecule has 0 aliphatic rings. The van der Waals surface area contributed by atoms with Crippen molar-refractivity contribution in [3.8, 4) is 0 Å². The first-order chi connectivity index (χ1) is 12.9. The van der Waals surface area contributed by atoms with Crippen LogP contribution in [0.3, 0.4) is 0 Å². The molecule has 0 saturated heterocycles. The molecule has 0 spiro atoms. The average molecular weight is 364 g/mol. The Labute approximate surface area is 155 Å². The van der Waals surface area contributed by atoms with Crippen LogP contribution in [0, 0.1) is 6.92 Å². The first-order valence-electron chi connectivity index (χ1n) is 8.59. The predicted molar refractivity (Wildman–Crippen MR) is 105 cm³/mol. The smallest absolute Gasteiger partial charge is 0.258 e. The van der Waals surface area contributed by atoms with Gasteiger partial charge in [0.05, 0.1) is 10.9 Å². The number of hydrogen-bond acceptors (Lipinski definition) is 4. The van der Waals surface area contributed by atoms with Crippen molar-refractivity contribution in [1.29, 1.82) is 0 Å². The average Bonchev–Trinajstić information content (AvgIpc) is 2.63. The van der Waals surface area contributed by atoms with Crippen LogP contribution in [0.2, 0.25) is 0 Å². The van der Waals surface area contributed by atoms with E-state index >= 15 is 0 Å². The van der Waals surface area contributed by atoms with E-state index in [-0.39, 0.29) is 23.8 Å². The third-order valence-corrected chi connectivity index (χ3v) is 4.17. The number of anilines is 2. The van der Waals surface area contributed by atoms with E-state index in [0.717, 1.165) is 5.56 Å². The predicted octanol–water partition coefficient (Wildman–Crippen LogP) is 2.76. The number of nitrogens with zero attached hydrogens (tertiary/aromatic N) is 1. The van der Waals surface area contributed by atoms with Crippen LogP contribution in [0.15, 0.2) is 47.3 Å². The van der Waals surface area contributed by atoms with E-state index < -0.39 is 0 Å². The second-order valence-electron chi connectivity index (χ2n) is 6.24. The molecule has 0 fully saturated rings. The van der Waals surface area contributed by atoms with Crippen molar-refractivity contribution >= 4 is 34.1 Å². The summed E-state index contributed by atoms with van der Waals surface area (Å²) < 4.78 is 0. The summed E-state index contributed by atoms with van der Waals surface area (Å²) in [6.45, 7) is 3.26. The van der Waals surface area contributed by atoms with E-state index in [2.05, 4.69) is 20.6 Å². The van der Waals surface area contributed by atoms with E-state index in [9.17, 15) is 14.4 Å². The van der Waals surface area contributed by atoms with Gasteiger partial charge in [-0.1, -0.05) is 18.2 Å². The zero-order valence-electron chi connectivity index (χ0n) is 15.1. The van der Waals surface area contributed by atoms with Gasteiger partial charge in [0.1, 0.15) is 5.82 Å². The van der Waals surface area contributed by atoms with E-state index in [0.29, 0.717) is 34.5 Å². The van der Waals surface area contributed by atoms with Crippen molar-refractivity contribution in [2.75, 3.05) is 10.6 Å². The number of para-hydroxylation sites is 1. The van der Waals surface area contributed by atoms with Crippen molar-refractivity contribution in [3.05, 3.63) is 64.2 Å². The topological polar surface area (TPSA) is 104 Å². The molecule has 0 unspecified atom stereocenters. The molecule has 0 radical (unpaired) electrons. The van der Waals surface area contributed by atoms with Gasteiger partial charge in [-0.2, -0.15) is 0 Å². The number of carbonyl (C=O) groups excluding carboxylic acids is 2. The molecule has 138 valence electrons. The summed E-state index contributed by atoms with van der Waals surface area (Å²) in [6, 6.07) is 12.4. The maximum absolute atomic E-state index is 12.3. The van der Waals surface area contributed by atoms with E-state index in [1.54, 1.807) is 36.4 Å². The zero-order valence-corrected chi connectivity index (χ0v) is 15.1. The Morgan fingerprint density at radius 2 is 1.74 bits per heavy atom. The Bertz CT molecular complexity index is 1070. The summed E-state index contributed by atoms with van der Waals surface area (Å²) in [4.78, 5) is 42.7. The number of aryl methyl sites for hydroxylation is 1. The second-order valence-corrected chi connectivity index (χ2v) is 6.24. The van der Waals surface area contributed by atoms with Crippen LogP contribution in [0.1, 0.15) is 24.7 Å². The number of aromatic nitrogens is 2. The molecule has 0 bridgehead atoms. The van der Waals surface area contributed by atoms with Crippen LogP contribution in [-0.4, -0.2) is 21.8 Å². The van der Waals surface area contributed by atoms with Gasteiger partial charge in [0.15, 0.2) is 0 Å². The summed E-state index contributed by atoms with van der Waals surface area (Å²) in [5, 5.41) is 6.09. The van der Waals surface area contributed by atoms with Crippen molar-refractivity contribution in [2.24, 2.45) is 0 Å². The van der Waals surface area contributed by atoms with Crippen LogP contribution >= 0.6 is 0 Å². The number of carbonyl (C=O) groups is 2. The molecule has 1 heterocycles. The number of rotatable bonds is 5. The minimum absolute atomic E-state index is 0.172. The Morgan fingerprint density at radius 3 is 2.48 bits per heavy atom. The second kappa shape index (κ2) is 7.82. The minimum atomic E-state index is -0.213. The molecule has 1 aromatic heterocycles. The highest BCUT2D eigenvalue weighted by molar-refractivity contribution is 5.95. The van der Waals surface area contributed by atoms with Gasteiger partial charge in [-0.3, -0.25) is 14.4 Å². The normalized spacial score (nSPS) is 10.6. The van der Waals surface area contributed by atoms with E-state index in [1.807, 2.05) is 13.0 Å². The van der Waals surface area contributed by atoms with Gasteiger partial charge in [-0.15, -0.1) is 0 Å². The van der Waals surface area contributed by atoms with Gasteiger partial charge in [-0.05, 0) is 36.8 Å². The van der Waals surface area contributed by atoms with Crippen LogP contribution in [0.5, 0.6) is 0 Å². The van der Waals surface area contributed by atoms with Crippen molar-refractivity contribution < 1.29 is 9.59 Å². The molecule has 7 heteroatoms. The van der Waals surface area contributed by atoms with Crippen LogP contribution in [0.4, 0.5) is 11.4 Å². The van der Waals surface area contributed by atoms with Crippen LogP contribution in [-0.2, 0) is 16.0 Å². The summed E-state index contributed by atoms with van der Waals surface area (Å²) in [6.07, 6.45) is 0.488. The summed E-state index contributed by atoms with van der Waals surface area (Å²) in [5.74, 6) is 0.0966.